The Morgan fingerprint density at radius 1 is 0.545 bits per heavy atom. The van der Waals surface area contributed by atoms with Gasteiger partial charge >= 0.3 is 34.1 Å². The first kappa shape index (κ1) is 31.3. The van der Waals surface area contributed by atoms with Gasteiger partial charge in [0.25, 0.3) is 0 Å². The summed E-state index contributed by atoms with van der Waals surface area (Å²) in [5, 5.41) is 11.1. The summed E-state index contributed by atoms with van der Waals surface area (Å²) in [6.07, 6.45) is 0. The molecular formula is C8H12CuMnN4S8. The Labute approximate surface area is 196 Å². The molecule has 0 spiro atoms. The summed E-state index contributed by atoms with van der Waals surface area (Å²) in [6, 6.07) is 0. The molecule has 0 aromatic heterocycles. The minimum Gasteiger partial charge on any atom is -0.412 e. The van der Waals surface area contributed by atoms with Crippen LogP contribution < -0.4 is 21.3 Å². The first-order valence-corrected chi connectivity index (χ1v) is 8.31. The van der Waals surface area contributed by atoms with Crippen LogP contribution in [0.4, 0.5) is 0 Å². The summed E-state index contributed by atoms with van der Waals surface area (Å²) in [5.74, 6) is 0. The average molecular weight is 539 g/mol. The van der Waals surface area contributed by atoms with Gasteiger partial charge in [0.1, 0.15) is 0 Å². The van der Waals surface area contributed by atoms with E-state index in [-0.39, 0.29) is 34.1 Å². The molecule has 4 N–H and O–H groups in total. The number of hydrogen-bond acceptors (Lipinski definition) is 8. The van der Waals surface area contributed by atoms with Crippen LogP contribution in [0.3, 0.4) is 0 Å². The number of rotatable bonds is 6. The van der Waals surface area contributed by atoms with Crippen LogP contribution in [-0.4, -0.2) is 43.5 Å². The zero-order valence-corrected chi connectivity index (χ0v) is 19.4. The molecule has 0 bridgehead atoms. The summed E-state index contributed by atoms with van der Waals surface area (Å²) in [7, 11) is 0. The zero-order chi connectivity index (χ0) is 16.0. The van der Waals surface area contributed by atoms with Crippen LogP contribution in [-0.2, 0) is 84.7 Å². The summed E-state index contributed by atoms with van der Waals surface area (Å²) in [6.45, 7) is 2.66. The van der Waals surface area contributed by atoms with Crippen molar-refractivity contribution in [3.8, 4) is 0 Å². The molecule has 0 heterocycles. The molecule has 0 aliphatic heterocycles. The van der Waals surface area contributed by atoms with E-state index in [9.17, 15) is 0 Å². The Hall–Kier alpha value is 1.48. The van der Waals surface area contributed by atoms with Crippen LogP contribution in [0.25, 0.3) is 0 Å². The Balaban J connectivity index is -0.000000135. The fraction of sp³-hybridized carbons (Fsp3) is 0.500. The van der Waals surface area contributed by atoms with Crippen molar-refractivity contribution in [3.05, 3.63) is 0 Å². The van der Waals surface area contributed by atoms with Crippen molar-refractivity contribution in [2.75, 3.05) is 26.2 Å². The third kappa shape index (κ3) is 37.6. The van der Waals surface area contributed by atoms with E-state index >= 15 is 0 Å². The van der Waals surface area contributed by atoms with E-state index in [4.69, 9.17) is 0 Å². The van der Waals surface area contributed by atoms with Crippen molar-refractivity contribution in [3.63, 3.8) is 0 Å². The van der Waals surface area contributed by atoms with Crippen molar-refractivity contribution in [2.45, 2.75) is 0 Å². The number of nitrogens with one attached hydrogen (secondary N) is 4. The van der Waals surface area contributed by atoms with E-state index < -0.39 is 0 Å². The molecule has 0 aliphatic rings. The fourth-order valence-corrected chi connectivity index (χ4v) is 1.47. The molecule has 0 saturated carbocycles. The van der Waals surface area contributed by atoms with E-state index in [1.165, 1.54) is 0 Å². The molecule has 22 heavy (non-hydrogen) atoms. The maximum Gasteiger partial charge on any atom is 2.00 e. The van der Waals surface area contributed by atoms with Gasteiger partial charge < -0.3 is 121 Å². The van der Waals surface area contributed by atoms with Crippen LogP contribution in [0.1, 0.15) is 0 Å². The number of hydrogen-bond donors (Lipinski definition) is 4. The van der Waals surface area contributed by atoms with Gasteiger partial charge in [-0.1, -0.05) is 17.3 Å². The standard InChI is InChI=1S/2C4H8N2S4.Cu.Mn/c2*7-3(8)5-1-2-6-4(9)10;;/h2*1-2H2,(H2,5,7,8)(H2,6,9,10);;/q;;2*+2/p-4. The van der Waals surface area contributed by atoms with Crippen LogP contribution in [0.5, 0.6) is 0 Å². The maximum absolute atomic E-state index is 4.59. The second-order valence-electron chi connectivity index (χ2n) is 2.86. The largest absolute Gasteiger partial charge is 2.00 e. The molecule has 0 aromatic rings. The molecular weight excluding hydrogens is 527 g/mol. The van der Waals surface area contributed by atoms with E-state index in [1.54, 1.807) is 0 Å². The second-order valence-corrected chi connectivity index (χ2v) is 7.16. The molecule has 4 nitrogen and oxygen atoms in total. The minimum atomic E-state index is 0. The molecule has 0 saturated heterocycles. The van der Waals surface area contributed by atoms with E-state index in [0.29, 0.717) is 43.5 Å². The molecule has 130 valence electrons. The van der Waals surface area contributed by atoms with E-state index in [2.05, 4.69) is 121 Å². The van der Waals surface area contributed by atoms with Crippen molar-refractivity contribution in [2.24, 2.45) is 0 Å². The molecule has 0 aliphatic carbocycles. The quantitative estimate of drug-likeness (QED) is 0.155. The van der Waals surface area contributed by atoms with Crippen molar-refractivity contribution >= 4 is 117 Å². The monoisotopic (exact) mass is 538 g/mol. The second kappa shape index (κ2) is 22.5. The van der Waals surface area contributed by atoms with Gasteiger partial charge in [-0.05, 0) is 0 Å². The van der Waals surface area contributed by atoms with Gasteiger partial charge in [0.2, 0.25) is 0 Å². The Morgan fingerprint density at radius 2 is 0.682 bits per heavy atom. The van der Waals surface area contributed by atoms with Crippen molar-refractivity contribution in [1.82, 2.24) is 21.3 Å². The molecule has 0 fully saturated rings. The Bertz CT molecular complexity index is 282. The smallest absolute Gasteiger partial charge is 0.412 e. The maximum atomic E-state index is 4.59. The van der Waals surface area contributed by atoms with E-state index in [1.807, 2.05) is 0 Å². The molecule has 0 aromatic carbocycles. The van der Waals surface area contributed by atoms with Gasteiger partial charge in [-0.25, -0.2) is 0 Å². The third-order valence-electron chi connectivity index (χ3n) is 1.33. The first-order valence-electron chi connectivity index (χ1n) is 5.05. The van der Waals surface area contributed by atoms with Crippen LogP contribution in [0.2, 0.25) is 0 Å². The molecule has 0 unspecified atom stereocenters. The molecule has 14 heteroatoms. The number of thiocarbonyl (C=S) groups is 4. The predicted molar refractivity (Wildman–Crippen MR) is 112 cm³/mol. The fourth-order valence-electron chi connectivity index (χ4n) is 0.658. The van der Waals surface area contributed by atoms with Gasteiger partial charge in [-0.3, -0.25) is 0 Å². The van der Waals surface area contributed by atoms with Gasteiger partial charge in [0.05, 0.1) is 0 Å². The summed E-state index contributed by atoms with van der Waals surface area (Å²) >= 11 is 36.7. The zero-order valence-electron chi connectivity index (χ0n) is 10.8. The third-order valence-corrected chi connectivity index (χ3v) is 2.48. The predicted octanol–water partition coefficient (Wildman–Crippen LogP) is -0.347. The summed E-state index contributed by atoms with van der Waals surface area (Å²) in [5.41, 5.74) is 0. The Morgan fingerprint density at radius 3 is 0.773 bits per heavy atom. The van der Waals surface area contributed by atoms with Gasteiger partial charge in [0, 0.05) is 26.2 Å². The van der Waals surface area contributed by atoms with Gasteiger partial charge in [0.15, 0.2) is 0 Å². The first-order chi connectivity index (χ1) is 9.25. The Kier molecular flexibility index (Phi) is 31.9. The van der Waals surface area contributed by atoms with Crippen LogP contribution in [0, 0.1) is 0 Å². The van der Waals surface area contributed by atoms with Crippen LogP contribution in [0.15, 0.2) is 0 Å². The van der Waals surface area contributed by atoms with Gasteiger partial charge in [-0.15, -0.1) is 0 Å². The normalized spacial score (nSPS) is 7.64. The SMILES string of the molecule is S=C([S-])NCCNC(=S)[S-].S=C([S-])NCCNC(=S)[S-].[Cu+2].[Mn+2]. The average Bonchev–Trinajstić information content (AvgIpc) is 2.30. The molecule has 0 atom stereocenters. The van der Waals surface area contributed by atoms with Crippen LogP contribution >= 0.6 is 48.9 Å². The van der Waals surface area contributed by atoms with E-state index in [0.717, 1.165) is 0 Å². The summed E-state index contributed by atoms with van der Waals surface area (Å²) in [4.78, 5) is 0. The van der Waals surface area contributed by atoms with Gasteiger partial charge in [-0.2, -0.15) is 0 Å². The summed E-state index contributed by atoms with van der Waals surface area (Å²) < 4.78 is 1.49. The topological polar surface area (TPSA) is 48.1 Å². The minimum absolute atomic E-state index is 0. The molecule has 2 radical (unpaired) electrons. The van der Waals surface area contributed by atoms with Crippen molar-refractivity contribution in [1.29, 1.82) is 0 Å². The molecule has 0 amide bonds. The molecule has 0 rings (SSSR count). The van der Waals surface area contributed by atoms with Crippen molar-refractivity contribution < 1.29 is 34.1 Å².